The molecule has 1 unspecified atom stereocenters. The smallest absolute Gasteiger partial charge is 0.0236 e. The van der Waals surface area contributed by atoms with Gasteiger partial charge in [0.05, 0.1) is 0 Å². The molecular weight excluding hydrogens is 294 g/mol. The maximum absolute atomic E-state index is 3.46. The summed E-state index contributed by atoms with van der Waals surface area (Å²) in [4.78, 5) is 5.30. The topological polar surface area (TPSA) is 18.5 Å². The molecule has 2 aromatic rings. The SMILES string of the molecule is c1ccc(-c2cccc(CN3CCC(N4CCNCC4)C3)c2)cc1. The first kappa shape index (κ1) is 15.8. The number of rotatable bonds is 4. The highest BCUT2D eigenvalue weighted by molar-refractivity contribution is 5.63. The molecule has 0 radical (unpaired) electrons. The van der Waals surface area contributed by atoms with Gasteiger partial charge in [0, 0.05) is 51.9 Å². The van der Waals surface area contributed by atoms with Gasteiger partial charge in [0.15, 0.2) is 0 Å². The summed E-state index contributed by atoms with van der Waals surface area (Å²) in [7, 11) is 0. The highest BCUT2D eigenvalue weighted by Gasteiger charge is 2.28. The molecule has 3 nitrogen and oxygen atoms in total. The Hall–Kier alpha value is -1.68. The minimum Gasteiger partial charge on any atom is -0.314 e. The number of benzene rings is 2. The Balaban J connectivity index is 1.39. The average Bonchev–Trinajstić information content (AvgIpc) is 3.12. The number of nitrogens with zero attached hydrogens (tertiary/aromatic N) is 2. The van der Waals surface area contributed by atoms with Crippen molar-refractivity contribution >= 4 is 0 Å². The van der Waals surface area contributed by atoms with Gasteiger partial charge in [-0.05, 0) is 29.2 Å². The Morgan fingerprint density at radius 1 is 0.875 bits per heavy atom. The molecule has 0 amide bonds. The molecule has 2 aliphatic heterocycles. The number of hydrogen-bond donors (Lipinski definition) is 1. The number of hydrogen-bond acceptors (Lipinski definition) is 3. The zero-order valence-corrected chi connectivity index (χ0v) is 14.3. The third-order valence-corrected chi connectivity index (χ3v) is 5.36. The van der Waals surface area contributed by atoms with Crippen LogP contribution in [0.3, 0.4) is 0 Å². The Morgan fingerprint density at radius 3 is 2.50 bits per heavy atom. The van der Waals surface area contributed by atoms with Gasteiger partial charge in [-0.2, -0.15) is 0 Å². The van der Waals surface area contributed by atoms with Gasteiger partial charge in [0.2, 0.25) is 0 Å². The Kier molecular flexibility index (Phi) is 4.93. The largest absolute Gasteiger partial charge is 0.314 e. The van der Waals surface area contributed by atoms with Gasteiger partial charge >= 0.3 is 0 Å². The molecule has 2 fully saturated rings. The van der Waals surface area contributed by atoms with Crippen LogP contribution in [0.5, 0.6) is 0 Å². The van der Waals surface area contributed by atoms with E-state index in [9.17, 15) is 0 Å². The predicted molar refractivity (Wildman–Crippen MR) is 100 cm³/mol. The average molecular weight is 321 g/mol. The van der Waals surface area contributed by atoms with Crippen LogP contribution in [0.1, 0.15) is 12.0 Å². The van der Waals surface area contributed by atoms with E-state index >= 15 is 0 Å². The molecule has 0 spiro atoms. The van der Waals surface area contributed by atoms with E-state index in [0.29, 0.717) is 0 Å². The first-order valence-corrected chi connectivity index (χ1v) is 9.20. The second-order valence-electron chi connectivity index (χ2n) is 7.03. The molecule has 24 heavy (non-hydrogen) atoms. The van der Waals surface area contributed by atoms with E-state index < -0.39 is 0 Å². The van der Waals surface area contributed by atoms with Crippen molar-refractivity contribution in [3.05, 3.63) is 60.2 Å². The van der Waals surface area contributed by atoms with Gasteiger partial charge in [-0.1, -0.05) is 48.5 Å². The molecule has 3 heteroatoms. The summed E-state index contributed by atoms with van der Waals surface area (Å²) >= 11 is 0. The van der Waals surface area contributed by atoms with Crippen molar-refractivity contribution in [1.82, 2.24) is 15.1 Å². The summed E-state index contributed by atoms with van der Waals surface area (Å²) < 4.78 is 0. The Labute approximate surface area is 145 Å². The van der Waals surface area contributed by atoms with Crippen LogP contribution < -0.4 is 5.32 Å². The number of nitrogens with one attached hydrogen (secondary N) is 1. The fourth-order valence-electron chi connectivity index (χ4n) is 4.04. The summed E-state index contributed by atoms with van der Waals surface area (Å²) in [6.07, 6.45) is 1.32. The van der Waals surface area contributed by atoms with Crippen LogP contribution in [-0.2, 0) is 6.54 Å². The zero-order chi connectivity index (χ0) is 16.2. The van der Waals surface area contributed by atoms with Crippen LogP contribution in [0.15, 0.2) is 54.6 Å². The molecule has 0 saturated carbocycles. The molecule has 4 rings (SSSR count). The van der Waals surface area contributed by atoms with Crippen LogP contribution in [0.25, 0.3) is 11.1 Å². The van der Waals surface area contributed by atoms with Gasteiger partial charge in [-0.3, -0.25) is 9.80 Å². The van der Waals surface area contributed by atoms with E-state index in [-0.39, 0.29) is 0 Å². The lowest BCUT2D eigenvalue weighted by molar-refractivity contribution is 0.170. The summed E-state index contributed by atoms with van der Waals surface area (Å²) in [5, 5.41) is 3.46. The lowest BCUT2D eigenvalue weighted by Gasteiger charge is -2.32. The van der Waals surface area contributed by atoms with E-state index in [1.54, 1.807) is 0 Å². The molecule has 2 heterocycles. The van der Waals surface area contributed by atoms with Crippen LogP contribution >= 0.6 is 0 Å². The van der Waals surface area contributed by atoms with Crippen molar-refractivity contribution in [2.24, 2.45) is 0 Å². The van der Waals surface area contributed by atoms with Crippen molar-refractivity contribution in [2.75, 3.05) is 39.3 Å². The molecule has 0 aliphatic carbocycles. The third kappa shape index (κ3) is 3.69. The highest BCUT2D eigenvalue weighted by Crippen LogP contribution is 2.23. The summed E-state index contributed by atoms with van der Waals surface area (Å²) in [5.41, 5.74) is 4.06. The molecule has 126 valence electrons. The second kappa shape index (κ2) is 7.47. The lowest BCUT2D eigenvalue weighted by Crippen LogP contribution is -2.49. The minimum atomic E-state index is 0.754. The quantitative estimate of drug-likeness (QED) is 0.934. The molecule has 0 bridgehead atoms. The summed E-state index contributed by atoms with van der Waals surface area (Å²) in [6, 6.07) is 20.5. The Bertz CT molecular complexity index is 649. The molecular formula is C21H27N3. The summed E-state index contributed by atoms with van der Waals surface area (Å²) in [6.45, 7) is 8.23. The molecule has 2 saturated heterocycles. The van der Waals surface area contributed by atoms with Crippen molar-refractivity contribution in [3.8, 4) is 11.1 Å². The standard InChI is InChI=1S/C21H27N3/c1-2-6-19(7-3-1)20-8-4-5-18(15-20)16-23-12-9-21(17-23)24-13-10-22-11-14-24/h1-8,15,21-22H,9-14,16-17H2. The fourth-order valence-corrected chi connectivity index (χ4v) is 4.04. The van der Waals surface area contributed by atoms with Gasteiger partial charge in [-0.15, -0.1) is 0 Å². The van der Waals surface area contributed by atoms with Crippen molar-refractivity contribution in [2.45, 2.75) is 19.0 Å². The highest BCUT2D eigenvalue weighted by atomic mass is 15.3. The van der Waals surface area contributed by atoms with Crippen LogP contribution in [-0.4, -0.2) is 55.1 Å². The van der Waals surface area contributed by atoms with Crippen molar-refractivity contribution < 1.29 is 0 Å². The molecule has 0 aromatic heterocycles. The normalized spacial score (nSPS) is 22.8. The van der Waals surface area contributed by atoms with Crippen molar-refractivity contribution in [1.29, 1.82) is 0 Å². The van der Waals surface area contributed by atoms with Gasteiger partial charge in [-0.25, -0.2) is 0 Å². The predicted octanol–water partition coefficient (Wildman–Crippen LogP) is 2.83. The van der Waals surface area contributed by atoms with E-state index in [4.69, 9.17) is 0 Å². The maximum atomic E-state index is 3.46. The van der Waals surface area contributed by atoms with E-state index in [1.165, 1.54) is 49.3 Å². The second-order valence-corrected chi connectivity index (χ2v) is 7.03. The maximum Gasteiger partial charge on any atom is 0.0236 e. The van der Waals surface area contributed by atoms with E-state index in [2.05, 4.69) is 69.7 Å². The Morgan fingerprint density at radius 2 is 1.67 bits per heavy atom. The van der Waals surface area contributed by atoms with Gasteiger partial charge in [0.1, 0.15) is 0 Å². The van der Waals surface area contributed by atoms with Crippen LogP contribution in [0.2, 0.25) is 0 Å². The van der Waals surface area contributed by atoms with E-state index in [1.807, 2.05) is 0 Å². The molecule has 1 atom stereocenters. The molecule has 2 aliphatic rings. The van der Waals surface area contributed by atoms with Crippen LogP contribution in [0, 0.1) is 0 Å². The minimum absolute atomic E-state index is 0.754. The fraction of sp³-hybridized carbons (Fsp3) is 0.429. The van der Waals surface area contributed by atoms with Crippen molar-refractivity contribution in [3.63, 3.8) is 0 Å². The number of likely N-dealkylation sites (tertiary alicyclic amines) is 1. The van der Waals surface area contributed by atoms with E-state index in [0.717, 1.165) is 25.7 Å². The molecule has 2 aromatic carbocycles. The summed E-state index contributed by atoms with van der Waals surface area (Å²) in [5.74, 6) is 0. The molecule has 1 N–H and O–H groups in total. The van der Waals surface area contributed by atoms with Gasteiger partial charge in [0.25, 0.3) is 0 Å². The third-order valence-electron chi connectivity index (χ3n) is 5.36. The zero-order valence-electron chi connectivity index (χ0n) is 14.3. The van der Waals surface area contributed by atoms with Gasteiger partial charge < -0.3 is 5.32 Å². The first-order chi connectivity index (χ1) is 11.9. The monoisotopic (exact) mass is 321 g/mol. The number of piperazine rings is 1. The van der Waals surface area contributed by atoms with Crippen LogP contribution in [0.4, 0.5) is 0 Å². The first-order valence-electron chi connectivity index (χ1n) is 9.20. The lowest BCUT2D eigenvalue weighted by atomic mass is 10.0.